The van der Waals surface area contributed by atoms with E-state index in [1.165, 1.54) is 19.1 Å². The van der Waals surface area contributed by atoms with Crippen molar-refractivity contribution in [2.24, 2.45) is 0 Å². The SMILES string of the molecule is CC(=O)CCc1ccc(OS(=O)(=O)F)cc1. The van der Waals surface area contributed by atoms with Gasteiger partial charge in [-0.1, -0.05) is 16.0 Å². The Hall–Kier alpha value is -1.43. The third-order valence-corrected chi connectivity index (χ3v) is 2.28. The minimum absolute atomic E-state index is 0.0756. The number of Topliss-reactive ketones (excluding diaryl/α,β-unsaturated/α-hetero) is 1. The van der Waals surface area contributed by atoms with E-state index in [0.29, 0.717) is 12.8 Å². The summed E-state index contributed by atoms with van der Waals surface area (Å²) in [6, 6.07) is 5.85. The predicted octanol–water partition coefficient (Wildman–Crippen LogP) is 1.80. The summed E-state index contributed by atoms with van der Waals surface area (Å²) in [4.78, 5) is 10.7. The first-order chi connectivity index (χ1) is 7.37. The molecule has 0 saturated carbocycles. The first kappa shape index (κ1) is 12.6. The van der Waals surface area contributed by atoms with Gasteiger partial charge >= 0.3 is 10.5 Å². The molecule has 0 aliphatic rings. The molecule has 88 valence electrons. The van der Waals surface area contributed by atoms with Crippen molar-refractivity contribution < 1.29 is 21.3 Å². The van der Waals surface area contributed by atoms with Crippen LogP contribution >= 0.6 is 0 Å². The lowest BCUT2D eigenvalue weighted by atomic mass is 10.1. The molecule has 0 amide bonds. The summed E-state index contributed by atoms with van der Waals surface area (Å²) >= 11 is 0. The van der Waals surface area contributed by atoms with Crippen LogP contribution in [0.4, 0.5) is 3.89 Å². The Labute approximate surface area is 93.5 Å². The summed E-state index contributed by atoms with van der Waals surface area (Å²) in [7, 11) is -4.97. The third kappa shape index (κ3) is 4.88. The summed E-state index contributed by atoms with van der Waals surface area (Å²) in [5.74, 6) is -0.0132. The summed E-state index contributed by atoms with van der Waals surface area (Å²) in [6.07, 6.45) is 0.986. The molecule has 1 rings (SSSR count). The average molecular weight is 246 g/mol. The van der Waals surface area contributed by atoms with Gasteiger partial charge in [-0.2, -0.15) is 8.42 Å². The molecule has 0 aliphatic heterocycles. The van der Waals surface area contributed by atoms with E-state index < -0.39 is 10.5 Å². The molecule has 0 N–H and O–H groups in total. The molecule has 4 nitrogen and oxygen atoms in total. The highest BCUT2D eigenvalue weighted by Gasteiger charge is 2.08. The van der Waals surface area contributed by atoms with E-state index in [0.717, 1.165) is 5.56 Å². The number of hydrogen-bond donors (Lipinski definition) is 0. The summed E-state index contributed by atoms with van der Waals surface area (Å²) in [5, 5.41) is 0. The molecule has 0 bridgehead atoms. The van der Waals surface area contributed by atoms with Gasteiger partial charge in [-0.25, -0.2) is 0 Å². The second kappa shape index (κ2) is 5.07. The lowest BCUT2D eigenvalue weighted by Gasteiger charge is -2.02. The molecular formula is C10H11FO4S. The Bertz CT molecular complexity index is 464. The minimum atomic E-state index is -4.97. The standard InChI is InChI=1S/C10H11FO4S/c1-8(12)2-3-9-4-6-10(7-5-9)15-16(11,13)14/h4-7H,2-3H2,1H3. The molecule has 0 aliphatic carbocycles. The van der Waals surface area contributed by atoms with Crippen molar-refractivity contribution in [1.29, 1.82) is 0 Å². The third-order valence-electron chi connectivity index (χ3n) is 1.88. The number of carbonyl (C=O) groups is 1. The van der Waals surface area contributed by atoms with Crippen LogP contribution in [0.2, 0.25) is 0 Å². The molecule has 6 heteroatoms. The number of carbonyl (C=O) groups excluding carboxylic acids is 1. The Kier molecular flexibility index (Phi) is 4.00. The van der Waals surface area contributed by atoms with Crippen LogP contribution in [-0.2, 0) is 21.7 Å². The van der Waals surface area contributed by atoms with Gasteiger partial charge in [0.15, 0.2) is 0 Å². The fourth-order valence-corrected chi connectivity index (χ4v) is 1.49. The maximum atomic E-state index is 12.1. The van der Waals surface area contributed by atoms with Gasteiger partial charge in [0.25, 0.3) is 0 Å². The van der Waals surface area contributed by atoms with E-state index in [-0.39, 0.29) is 11.5 Å². The zero-order valence-corrected chi connectivity index (χ0v) is 9.46. The Balaban J connectivity index is 2.64. The molecule has 1 aromatic rings. The van der Waals surface area contributed by atoms with Crippen LogP contribution in [0, 0.1) is 0 Å². The molecule has 0 heterocycles. The minimum Gasteiger partial charge on any atom is -0.358 e. The fourth-order valence-electron chi connectivity index (χ4n) is 1.15. The molecular weight excluding hydrogens is 235 g/mol. The van der Waals surface area contributed by atoms with Crippen molar-refractivity contribution in [2.45, 2.75) is 19.8 Å². The average Bonchev–Trinajstić information content (AvgIpc) is 2.14. The van der Waals surface area contributed by atoms with Crippen LogP contribution in [0.5, 0.6) is 5.75 Å². The Morgan fingerprint density at radius 1 is 1.31 bits per heavy atom. The molecule has 0 radical (unpaired) electrons. The topological polar surface area (TPSA) is 60.4 Å². The Morgan fingerprint density at radius 3 is 2.31 bits per heavy atom. The summed E-state index contributed by atoms with van der Waals surface area (Å²) < 4.78 is 36.5. The summed E-state index contributed by atoms with van der Waals surface area (Å²) in [6.45, 7) is 1.49. The molecule has 0 unspecified atom stereocenters. The van der Waals surface area contributed by atoms with Gasteiger partial charge in [-0.3, -0.25) is 0 Å². The number of rotatable bonds is 5. The van der Waals surface area contributed by atoms with E-state index in [1.807, 2.05) is 0 Å². The number of aryl methyl sites for hydroxylation is 1. The van der Waals surface area contributed by atoms with Crippen molar-refractivity contribution in [3.05, 3.63) is 29.8 Å². The normalized spacial score (nSPS) is 11.1. The largest absolute Gasteiger partial charge is 0.488 e. The van der Waals surface area contributed by atoms with Crippen LogP contribution in [-0.4, -0.2) is 14.2 Å². The first-order valence-electron chi connectivity index (χ1n) is 4.59. The highest BCUT2D eigenvalue weighted by molar-refractivity contribution is 7.81. The van der Waals surface area contributed by atoms with Crippen LogP contribution in [0.25, 0.3) is 0 Å². The second-order valence-electron chi connectivity index (χ2n) is 3.32. The number of hydrogen-bond acceptors (Lipinski definition) is 4. The molecule has 16 heavy (non-hydrogen) atoms. The fraction of sp³-hybridized carbons (Fsp3) is 0.300. The van der Waals surface area contributed by atoms with Crippen molar-refractivity contribution >= 4 is 16.3 Å². The maximum absolute atomic E-state index is 12.1. The predicted molar refractivity (Wildman–Crippen MR) is 56.1 cm³/mol. The van der Waals surface area contributed by atoms with Gasteiger partial charge < -0.3 is 8.98 Å². The van der Waals surface area contributed by atoms with E-state index in [1.54, 1.807) is 12.1 Å². The number of halogens is 1. The van der Waals surface area contributed by atoms with Gasteiger partial charge in [-0.15, -0.1) is 0 Å². The quantitative estimate of drug-likeness (QED) is 0.743. The van der Waals surface area contributed by atoms with E-state index in [4.69, 9.17) is 0 Å². The molecule has 0 atom stereocenters. The lowest BCUT2D eigenvalue weighted by Crippen LogP contribution is -2.01. The van der Waals surface area contributed by atoms with Crippen LogP contribution in [0.1, 0.15) is 18.9 Å². The van der Waals surface area contributed by atoms with Crippen molar-refractivity contribution in [1.82, 2.24) is 0 Å². The van der Waals surface area contributed by atoms with Crippen molar-refractivity contribution in [3.8, 4) is 5.75 Å². The van der Waals surface area contributed by atoms with Gasteiger partial charge in [-0.05, 0) is 31.0 Å². The van der Waals surface area contributed by atoms with E-state index >= 15 is 0 Å². The van der Waals surface area contributed by atoms with Crippen LogP contribution in [0.15, 0.2) is 24.3 Å². The zero-order valence-electron chi connectivity index (χ0n) is 8.64. The molecule has 0 saturated heterocycles. The number of ketones is 1. The van der Waals surface area contributed by atoms with E-state index in [2.05, 4.69) is 4.18 Å². The van der Waals surface area contributed by atoms with Gasteiger partial charge in [0, 0.05) is 6.42 Å². The van der Waals surface area contributed by atoms with Crippen LogP contribution in [0.3, 0.4) is 0 Å². The Morgan fingerprint density at radius 2 is 1.88 bits per heavy atom. The zero-order chi connectivity index (χ0) is 12.2. The monoisotopic (exact) mass is 246 g/mol. The van der Waals surface area contributed by atoms with Gasteiger partial charge in [0.05, 0.1) is 0 Å². The first-order valence-corrected chi connectivity index (χ1v) is 5.90. The highest BCUT2D eigenvalue weighted by atomic mass is 32.3. The number of benzene rings is 1. The van der Waals surface area contributed by atoms with Crippen LogP contribution < -0.4 is 4.18 Å². The molecule has 0 spiro atoms. The smallest absolute Gasteiger partial charge is 0.358 e. The van der Waals surface area contributed by atoms with E-state index in [9.17, 15) is 17.1 Å². The summed E-state index contributed by atoms with van der Waals surface area (Å²) in [5.41, 5.74) is 0.860. The lowest BCUT2D eigenvalue weighted by molar-refractivity contribution is -0.116. The van der Waals surface area contributed by atoms with Crippen molar-refractivity contribution in [3.63, 3.8) is 0 Å². The molecule has 0 aromatic heterocycles. The highest BCUT2D eigenvalue weighted by Crippen LogP contribution is 2.15. The molecule has 1 aromatic carbocycles. The van der Waals surface area contributed by atoms with Gasteiger partial charge in [0.2, 0.25) is 0 Å². The second-order valence-corrected chi connectivity index (χ2v) is 4.28. The van der Waals surface area contributed by atoms with Gasteiger partial charge in [0.1, 0.15) is 11.5 Å². The maximum Gasteiger partial charge on any atom is 0.488 e. The van der Waals surface area contributed by atoms with Crippen molar-refractivity contribution in [2.75, 3.05) is 0 Å². The molecule has 0 fully saturated rings.